The van der Waals surface area contributed by atoms with E-state index >= 15 is 0 Å². The van der Waals surface area contributed by atoms with Gasteiger partial charge in [-0.3, -0.25) is 0 Å². The Morgan fingerprint density at radius 2 is 1.38 bits per heavy atom. The number of para-hydroxylation sites is 2. The summed E-state index contributed by atoms with van der Waals surface area (Å²) in [6.45, 7) is 10.6. The van der Waals surface area contributed by atoms with Gasteiger partial charge < -0.3 is 4.57 Å². The number of allylic oxidation sites excluding steroid dienone is 3. The van der Waals surface area contributed by atoms with E-state index in [2.05, 4.69) is 196 Å². The summed E-state index contributed by atoms with van der Waals surface area (Å²) in [6, 6.07) is 47.5. The zero-order valence-corrected chi connectivity index (χ0v) is 31.9. The third-order valence-electron chi connectivity index (χ3n) is 11.2. The Morgan fingerprint density at radius 3 is 2.16 bits per heavy atom. The normalized spacial score (nSPS) is 13.0. The van der Waals surface area contributed by atoms with Crippen LogP contribution in [-0.2, 0) is 0 Å². The maximum Gasteiger partial charge on any atom is 0.0978 e. The second-order valence-electron chi connectivity index (χ2n) is 14.4. The van der Waals surface area contributed by atoms with Gasteiger partial charge in [0.1, 0.15) is 0 Å². The van der Waals surface area contributed by atoms with E-state index in [4.69, 9.17) is 16.4 Å². The minimum absolute atomic E-state index is 0.0240. The lowest BCUT2D eigenvalue weighted by atomic mass is 9.89. The Labute approximate surface area is 328 Å². The molecule has 3 aromatic heterocycles. The Morgan fingerprint density at radius 1 is 0.643 bits per heavy atom. The first-order chi connectivity index (χ1) is 27.5. The summed E-state index contributed by atoms with van der Waals surface area (Å²) in [5, 5.41) is 5.67. The first kappa shape index (κ1) is 34.7. The number of hydrogen-bond acceptors (Lipinski definition) is 2. The van der Waals surface area contributed by atoms with E-state index in [1.165, 1.54) is 21.9 Å². The van der Waals surface area contributed by atoms with Crippen molar-refractivity contribution in [1.29, 1.82) is 0 Å². The molecule has 2 atom stereocenters. The Kier molecular flexibility index (Phi) is 8.88. The van der Waals surface area contributed by atoms with Gasteiger partial charge in [-0.25, -0.2) is 9.97 Å². The Hall–Kier alpha value is -7.02. The number of nitrogens with zero attached hydrogens (tertiary/aromatic N) is 3. The topological polar surface area (TPSA) is 30.7 Å². The highest BCUT2D eigenvalue weighted by Gasteiger charge is 2.22. The highest BCUT2D eigenvalue weighted by atomic mass is 15.0. The van der Waals surface area contributed by atoms with Crippen LogP contribution in [0.1, 0.15) is 37.9 Å². The van der Waals surface area contributed by atoms with Crippen molar-refractivity contribution in [2.75, 3.05) is 0 Å². The molecule has 0 aliphatic rings. The molecule has 0 radical (unpaired) electrons. The van der Waals surface area contributed by atoms with Gasteiger partial charge >= 0.3 is 0 Å². The lowest BCUT2D eigenvalue weighted by molar-refractivity contribution is 0.529. The minimum atomic E-state index is 0.0240. The molecule has 9 aromatic rings. The van der Waals surface area contributed by atoms with Crippen molar-refractivity contribution >= 4 is 66.7 Å². The molecule has 2 unspecified atom stereocenters. The van der Waals surface area contributed by atoms with Gasteiger partial charge in [-0.1, -0.05) is 140 Å². The zero-order chi connectivity index (χ0) is 38.3. The smallest absolute Gasteiger partial charge is 0.0978 e. The van der Waals surface area contributed by atoms with Crippen LogP contribution in [0, 0.1) is 18.3 Å². The summed E-state index contributed by atoms with van der Waals surface area (Å²) in [6.07, 6.45) is 16.6. The van der Waals surface area contributed by atoms with Gasteiger partial charge in [0.25, 0.3) is 0 Å². The molecule has 268 valence electrons. The maximum atomic E-state index is 6.00. The van der Waals surface area contributed by atoms with Crippen molar-refractivity contribution < 1.29 is 0 Å². The Bertz CT molecular complexity index is 3100. The van der Waals surface area contributed by atoms with E-state index in [0.29, 0.717) is 0 Å². The largest absolute Gasteiger partial charge is 0.332 e. The van der Waals surface area contributed by atoms with Gasteiger partial charge in [0, 0.05) is 55.0 Å². The summed E-state index contributed by atoms with van der Waals surface area (Å²) >= 11 is 0. The van der Waals surface area contributed by atoms with Crippen LogP contribution >= 0.6 is 0 Å². The van der Waals surface area contributed by atoms with Crippen molar-refractivity contribution in [2.45, 2.75) is 26.8 Å². The number of hydrogen-bond donors (Lipinski definition) is 0. The van der Waals surface area contributed by atoms with E-state index in [0.717, 1.165) is 77.3 Å². The predicted octanol–water partition coefficient (Wildman–Crippen LogP) is 14.1. The molecule has 0 saturated carbocycles. The predicted molar refractivity (Wildman–Crippen MR) is 241 cm³/mol. The second kappa shape index (κ2) is 14.3. The summed E-state index contributed by atoms with van der Waals surface area (Å²) in [4.78, 5) is 10.7. The van der Waals surface area contributed by atoms with Crippen LogP contribution in [0.25, 0.3) is 100 Å². The van der Waals surface area contributed by atoms with Crippen LogP contribution in [0.4, 0.5) is 0 Å². The molecule has 0 saturated heterocycles. The van der Waals surface area contributed by atoms with Crippen molar-refractivity contribution in [3.63, 3.8) is 0 Å². The monoisotopic (exact) mass is 719 g/mol. The second-order valence-corrected chi connectivity index (χ2v) is 14.4. The molecule has 0 N–H and O–H groups in total. The quantitative estimate of drug-likeness (QED) is 0.0677. The maximum absolute atomic E-state index is 6.00. The van der Waals surface area contributed by atoms with Gasteiger partial charge in [-0.05, 0) is 78.9 Å². The van der Waals surface area contributed by atoms with E-state index in [1.54, 1.807) is 0 Å². The minimum Gasteiger partial charge on any atom is -0.332 e. The number of aromatic nitrogens is 3. The van der Waals surface area contributed by atoms with Crippen molar-refractivity contribution in [3.05, 3.63) is 169 Å². The summed E-state index contributed by atoms with van der Waals surface area (Å²) < 4.78 is 2.40. The molecule has 3 heteroatoms. The van der Waals surface area contributed by atoms with Crippen molar-refractivity contribution in [1.82, 2.24) is 14.5 Å². The summed E-state index contributed by atoms with van der Waals surface area (Å²) in [5.74, 6) is 3.02. The molecule has 0 spiro atoms. The molecule has 3 heterocycles. The average Bonchev–Trinajstić information content (AvgIpc) is 3.57. The standard InChI is InChI=1S/C53H41N3/c1-6-17-40-38(9-4)39(37-27-32-50-45(33-37)42-21-14-16-24-49(42)56(50)48(18-7-2)34(5)8-3)29-30-41(40)47-31-26-36-25-28-44-51(35-19-11-10-12-20-35)43-22-13-15-23-46(43)55-53(44)52(36)54-47/h3,6-7,9-34,48H,4H2,1-2,5H3/b17-6-,18-7-. The van der Waals surface area contributed by atoms with Gasteiger partial charge in [0.2, 0.25) is 0 Å². The van der Waals surface area contributed by atoms with E-state index in [-0.39, 0.29) is 12.0 Å². The van der Waals surface area contributed by atoms with Gasteiger partial charge in [-0.2, -0.15) is 0 Å². The van der Waals surface area contributed by atoms with E-state index < -0.39 is 0 Å². The van der Waals surface area contributed by atoms with Crippen LogP contribution in [0.15, 0.2) is 158 Å². The fraction of sp³-hybridized carbons (Fsp3) is 0.0943. The highest BCUT2D eigenvalue weighted by Crippen LogP contribution is 2.42. The third kappa shape index (κ3) is 5.62. The lowest BCUT2D eigenvalue weighted by Gasteiger charge is -2.21. The van der Waals surface area contributed by atoms with Crippen LogP contribution < -0.4 is 0 Å². The summed E-state index contributed by atoms with van der Waals surface area (Å²) in [5.41, 5.74) is 13.7. The molecular formula is C53H41N3. The molecule has 0 aliphatic carbocycles. The SMILES string of the molecule is C#CC(C)C(/C=C\C)n1c2ccccc2c2cc(-c3ccc(-c4ccc5ccc6c(-c7ccccc7)c7ccccc7nc6c5n4)c(/C=C\C)c3C=C)ccc21. The van der Waals surface area contributed by atoms with Gasteiger partial charge in [0.05, 0.1) is 28.3 Å². The number of rotatable bonds is 8. The molecule has 9 rings (SSSR count). The summed E-state index contributed by atoms with van der Waals surface area (Å²) in [7, 11) is 0. The Balaban J connectivity index is 1.23. The highest BCUT2D eigenvalue weighted by molar-refractivity contribution is 6.16. The van der Waals surface area contributed by atoms with E-state index in [9.17, 15) is 0 Å². The van der Waals surface area contributed by atoms with Gasteiger partial charge in [-0.15, -0.1) is 12.3 Å². The molecule has 0 fully saturated rings. The van der Waals surface area contributed by atoms with Crippen LogP contribution in [0.3, 0.4) is 0 Å². The molecule has 0 bridgehead atoms. The van der Waals surface area contributed by atoms with Crippen LogP contribution in [0.5, 0.6) is 0 Å². The van der Waals surface area contributed by atoms with Crippen molar-refractivity contribution in [3.8, 4) is 45.9 Å². The fourth-order valence-electron chi connectivity index (χ4n) is 8.54. The fourth-order valence-corrected chi connectivity index (χ4v) is 8.54. The number of pyridine rings is 2. The molecule has 6 aromatic carbocycles. The molecule has 3 nitrogen and oxygen atoms in total. The molecule has 56 heavy (non-hydrogen) atoms. The van der Waals surface area contributed by atoms with Crippen LogP contribution in [-0.4, -0.2) is 14.5 Å². The van der Waals surface area contributed by atoms with Crippen LogP contribution in [0.2, 0.25) is 0 Å². The number of fused-ring (bicyclic) bond motifs is 7. The van der Waals surface area contributed by atoms with Crippen molar-refractivity contribution in [2.24, 2.45) is 5.92 Å². The zero-order valence-electron chi connectivity index (χ0n) is 31.9. The average molecular weight is 720 g/mol. The number of terminal acetylenes is 1. The molecule has 0 aliphatic heterocycles. The van der Waals surface area contributed by atoms with E-state index in [1.807, 2.05) is 6.08 Å². The number of benzene rings is 6. The van der Waals surface area contributed by atoms with Gasteiger partial charge in [0.15, 0.2) is 0 Å². The first-order valence-electron chi connectivity index (χ1n) is 19.3. The molecular weight excluding hydrogens is 679 g/mol. The molecule has 0 amide bonds. The third-order valence-corrected chi connectivity index (χ3v) is 11.2. The first-order valence-corrected chi connectivity index (χ1v) is 19.3. The lowest BCUT2D eigenvalue weighted by Crippen LogP contribution is -2.13.